The number of hydrogen-bond donors (Lipinski definition) is 2. The maximum atomic E-state index is 13.4. The number of carbonyl (C=O) groups excluding carboxylic acids is 1. The highest BCUT2D eigenvalue weighted by molar-refractivity contribution is 6.04. The Balaban J connectivity index is 1.43. The summed E-state index contributed by atoms with van der Waals surface area (Å²) in [5, 5.41) is 12.5. The fourth-order valence-corrected chi connectivity index (χ4v) is 4.55. The number of rotatable bonds is 4. The van der Waals surface area contributed by atoms with Crippen LogP contribution in [0.5, 0.6) is 0 Å². The quantitative estimate of drug-likeness (QED) is 0.343. The standard InChI is InChI=1S/C30H24N8O/c1-19(33-30(39)25-28(31)36-38-16-7-15-32-29(25)38)24-18-22-11-6-10-21(12-13-23-14-17-37(2)35-23)26(22)34-27(24)20-8-4-3-5-9-20/h3-11,14-19H,1-2H3,(H2,31,36)(H,33,39)/t19-/m1/s1. The van der Waals surface area contributed by atoms with Crippen LogP contribution in [0.15, 0.2) is 85.3 Å². The Morgan fingerprint density at radius 2 is 1.85 bits per heavy atom. The van der Waals surface area contributed by atoms with E-state index in [1.165, 1.54) is 4.52 Å². The highest BCUT2D eigenvalue weighted by Crippen LogP contribution is 2.31. The van der Waals surface area contributed by atoms with Gasteiger partial charge in [0.05, 0.1) is 22.8 Å². The van der Waals surface area contributed by atoms with Crippen molar-refractivity contribution in [1.29, 1.82) is 0 Å². The monoisotopic (exact) mass is 512 g/mol. The van der Waals surface area contributed by atoms with Gasteiger partial charge in [-0.1, -0.05) is 48.4 Å². The van der Waals surface area contributed by atoms with Crippen molar-refractivity contribution in [3.05, 3.63) is 108 Å². The Morgan fingerprint density at radius 1 is 1.00 bits per heavy atom. The second-order valence-electron chi connectivity index (χ2n) is 9.14. The zero-order chi connectivity index (χ0) is 26.9. The molecule has 0 bridgehead atoms. The van der Waals surface area contributed by atoms with Gasteiger partial charge in [0.2, 0.25) is 0 Å². The molecule has 39 heavy (non-hydrogen) atoms. The molecule has 1 amide bonds. The van der Waals surface area contributed by atoms with Crippen molar-refractivity contribution in [2.24, 2.45) is 7.05 Å². The number of aryl methyl sites for hydroxylation is 1. The van der Waals surface area contributed by atoms with Gasteiger partial charge in [0.15, 0.2) is 11.5 Å². The average molecular weight is 513 g/mol. The molecule has 0 aliphatic heterocycles. The first-order valence-corrected chi connectivity index (χ1v) is 12.4. The van der Waals surface area contributed by atoms with Crippen molar-refractivity contribution >= 4 is 28.3 Å². The van der Waals surface area contributed by atoms with Crippen LogP contribution < -0.4 is 11.1 Å². The maximum Gasteiger partial charge on any atom is 0.259 e. The fraction of sp³-hybridized carbons (Fsp3) is 0.100. The molecule has 0 spiro atoms. The first-order valence-electron chi connectivity index (χ1n) is 12.4. The van der Waals surface area contributed by atoms with Crippen LogP contribution >= 0.6 is 0 Å². The molecule has 0 saturated heterocycles. The van der Waals surface area contributed by atoms with E-state index in [1.807, 2.05) is 74.8 Å². The summed E-state index contributed by atoms with van der Waals surface area (Å²) >= 11 is 0. The first kappa shape index (κ1) is 23.9. The molecular weight excluding hydrogens is 488 g/mol. The molecule has 0 aliphatic carbocycles. The number of fused-ring (bicyclic) bond motifs is 2. The summed E-state index contributed by atoms with van der Waals surface area (Å²) in [5.74, 6) is 6.12. The third-order valence-electron chi connectivity index (χ3n) is 6.42. The Kier molecular flexibility index (Phi) is 5.98. The van der Waals surface area contributed by atoms with Gasteiger partial charge in [0, 0.05) is 42.2 Å². The van der Waals surface area contributed by atoms with Gasteiger partial charge in [-0.05, 0) is 37.1 Å². The van der Waals surface area contributed by atoms with Crippen molar-refractivity contribution in [2.75, 3.05) is 5.73 Å². The second kappa shape index (κ2) is 9.76. The van der Waals surface area contributed by atoms with Crippen molar-refractivity contribution in [1.82, 2.24) is 34.7 Å². The van der Waals surface area contributed by atoms with Crippen molar-refractivity contribution in [2.45, 2.75) is 13.0 Å². The molecule has 9 heteroatoms. The number of hydrogen-bond acceptors (Lipinski definition) is 6. The van der Waals surface area contributed by atoms with E-state index in [0.717, 1.165) is 33.3 Å². The Morgan fingerprint density at radius 3 is 2.64 bits per heavy atom. The SMILES string of the molecule is C[C@@H](NC(=O)c1c(N)nn2cccnc12)c1cc2cccc(C#Cc3ccn(C)n3)c2nc1-c1ccccc1. The molecule has 4 aromatic heterocycles. The van der Waals surface area contributed by atoms with Crippen LogP contribution in [0.2, 0.25) is 0 Å². The third kappa shape index (κ3) is 4.55. The molecule has 0 radical (unpaired) electrons. The molecule has 0 fully saturated rings. The Bertz CT molecular complexity index is 1910. The molecule has 6 rings (SSSR count). The maximum absolute atomic E-state index is 13.4. The fourth-order valence-electron chi connectivity index (χ4n) is 4.55. The first-order chi connectivity index (χ1) is 19.0. The number of nitrogens with zero attached hydrogens (tertiary/aromatic N) is 6. The van der Waals surface area contributed by atoms with Crippen molar-refractivity contribution in [3.8, 4) is 23.1 Å². The minimum Gasteiger partial charge on any atom is -0.381 e. The summed E-state index contributed by atoms with van der Waals surface area (Å²) in [4.78, 5) is 22.8. The van der Waals surface area contributed by atoms with Gasteiger partial charge in [0.25, 0.3) is 5.91 Å². The lowest BCUT2D eigenvalue weighted by molar-refractivity contribution is 0.0942. The predicted molar refractivity (Wildman–Crippen MR) is 150 cm³/mol. The highest BCUT2D eigenvalue weighted by atomic mass is 16.1. The highest BCUT2D eigenvalue weighted by Gasteiger charge is 2.23. The molecule has 1 atom stereocenters. The lowest BCUT2D eigenvalue weighted by Gasteiger charge is -2.19. The van der Waals surface area contributed by atoms with E-state index in [4.69, 9.17) is 10.7 Å². The number of nitrogens with two attached hydrogens (primary N) is 1. The summed E-state index contributed by atoms with van der Waals surface area (Å²) in [6.45, 7) is 1.92. The number of nitrogens with one attached hydrogen (secondary N) is 1. The van der Waals surface area contributed by atoms with E-state index in [1.54, 1.807) is 23.1 Å². The van der Waals surface area contributed by atoms with Crippen LogP contribution in [0.4, 0.5) is 5.82 Å². The van der Waals surface area contributed by atoms with Crippen LogP contribution in [-0.4, -0.2) is 35.3 Å². The van der Waals surface area contributed by atoms with Crippen LogP contribution in [-0.2, 0) is 7.05 Å². The molecule has 6 aromatic rings. The van der Waals surface area contributed by atoms with E-state index in [0.29, 0.717) is 11.3 Å². The molecule has 9 nitrogen and oxygen atoms in total. The molecule has 4 heterocycles. The summed E-state index contributed by atoms with van der Waals surface area (Å²) in [6, 6.07) is 21.0. The third-order valence-corrected chi connectivity index (χ3v) is 6.42. The zero-order valence-electron chi connectivity index (χ0n) is 21.3. The van der Waals surface area contributed by atoms with E-state index >= 15 is 0 Å². The van der Waals surface area contributed by atoms with Gasteiger partial charge in [0.1, 0.15) is 11.3 Å². The van der Waals surface area contributed by atoms with Gasteiger partial charge in [-0.2, -0.15) is 5.10 Å². The summed E-state index contributed by atoms with van der Waals surface area (Å²) in [7, 11) is 1.86. The number of carbonyl (C=O) groups is 1. The van der Waals surface area contributed by atoms with Crippen LogP contribution in [0.3, 0.4) is 0 Å². The largest absolute Gasteiger partial charge is 0.381 e. The molecule has 0 aliphatic rings. The van der Waals surface area contributed by atoms with Gasteiger partial charge in [-0.15, -0.1) is 5.10 Å². The Labute approximate surface area is 224 Å². The van der Waals surface area contributed by atoms with E-state index in [9.17, 15) is 4.79 Å². The smallest absolute Gasteiger partial charge is 0.259 e. The molecular formula is C30H24N8O. The van der Waals surface area contributed by atoms with Gasteiger partial charge < -0.3 is 11.1 Å². The normalized spacial score (nSPS) is 11.7. The topological polar surface area (TPSA) is 116 Å². The number of aromatic nitrogens is 6. The number of amides is 1. The summed E-state index contributed by atoms with van der Waals surface area (Å²) < 4.78 is 3.22. The summed E-state index contributed by atoms with van der Waals surface area (Å²) in [6.07, 6.45) is 5.16. The number of para-hydroxylation sites is 1. The summed E-state index contributed by atoms with van der Waals surface area (Å²) in [5.41, 5.74) is 11.5. The minimum absolute atomic E-state index is 0.120. The molecule has 3 N–H and O–H groups in total. The zero-order valence-corrected chi connectivity index (χ0v) is 21.3. The van der Waals surface area contributed by atoms with Crippen LogP contribution in [0.1, 0.15) is 40.1 Å². The average Bonchev–Trinajstić information content (AvgIpc) is 3.52. The lowest BCUT2D eigenvalue weighted by atomic mass is 9.97. The van der Waals surface area contributed by atoms with E-state index in [2.05, 4.69) is 38.4 Å². The van der Waals surface area contributed by atoms with E-state index in [-0.39, 0.29) is 17.3 Å². The van der Waals surface area contributed by atoms with E-state index < -0.39 is 6.04 Å². The Hall–Kier alpha value is -5.49. The molecule has 0 saturated carbocycles. The molecule has 190 valence electrons. The molecule has 0 unspecified atom stereocenters. The number of benzene rings is 2. The van der Waals surface area contributed by atoms with Gasteiger partial charge in [-0.25, -0.2) is 14.5 Å². The van der Waals surface area contributed by atoms with Gasteiger partial charge >= 0.3 is 0 Å². The van der Waals surface area contributed by atoms with Crippen LogP contribution in [0.25, 0.3) is 27.8 Å². The second-order valence-corrected chi connectivity index (χ2v) is 9.14. The number of anilines is 1. The number of nitrogen functional groups attached to an aromatic ring is 1. The van der Waals surface area contributed by atoms with Crippen molar-refractivity contribution in [3.63, 3.8) is 0 Å². The van der Waals surface area contributed by atoms with Gasteiger partial charge in [-0.3, -0.25) is 9.48 Å². The van der Waals surface area contributed by atoms with Crippen molar-refractivity contribution < 1.29 is 4.79 Å². The lowest BCUT2D eigenvalue weighted by Crippen LogP contribution is -2.28. The molecule has 2 aromatic carbocycles. The van der Waals surface area contributed by atoms with Crippen LogP contribution in [0, 0.1) is 11.8 Å². The minimum atomic E-state index is -0.397. The predicted octanol–water partition coefficient (Wildman–Crippen LogP) is 4.15. The number of pyridine rings is 1.